The maximum absolute atomic E-state index is 13.3. The quantitative estimate of drug-likeness (QED) is 0.650. The molecule has 1 atom stereocenters. The summed E-state index contributed by atoms with van der Waals surface area (Å²) in [6, 6.07) is 1.86. The lowest BCUT2D eigenvalue weighted by Gasteiger charge is -2.37. The van der Waals surface area contributed by atoms with Gasteiger partial charge >= 0.3 is 12.2 Å². The van der Waals surface area contributed by atoms with Crippen LogP contribution in [0.2, 0.25) is 0 Å². The van der Waals surface area contributed by atoms with Gasteiger partial charge in [-0.1, -0.05) is 6.08 Å². The van der Waals surface area contributed by atoms with Gasteiger partial charge in [0.05, 0.1) is 0 Å². The Bertz CT molecular complexity index is 603. The number of hydrogen-bond donors (Lipinski definition) is 2. The van der Waals surface area contributed by atoms with Gasteiger partial charge in [-0.2, -0.15) is 13.2 Å². The molecule has 120 valence electrons. The number of hydrogen-bond acceptors (Lipinski definition) is 2. The van der Waals surface area contributed by atoms with E-state index in [2.05, 4.69) is 11.9 Å². The first-order chi connectivity index (χ1) is 10.2. The number of fused-ring (bicyclic) bond motifs is 1. The highest BCUT2D eigenvalue weighted by atomic mass is 19.4. The number of carbonyl (C=O) groups excluding carboxylic acids is 1. The van der Waals surface area contributed by atoms with E-state index < -0.39 is 35.6 Å². The van der Waals surface area contributed by atoms with Crippen molar-refractivity contribution in [3.63, 3.8) is 0 Å². The Morgan fingerprint density at radius 3 is 2.73 bits per heavy atom. The lowest BCUT2D eigenvalue weighted by Crippen LogP contribution is -2.49. The summed E-state index contributed by atoms with van der Waals surface area (Å²) in [5.41, 5.74) is -4.23. The number of benzene rings is 1. The van der Waals surface area contributed by atoms with E-state index in [4.69, 9.17) is 0 Å². The van der Waals surface area contributed by atoms with Crippen molar-refractivity contribution in [2.45, 2.75) is 18.2 Å². The van der Waals surface area contributed by atoms with E-state index in [-0.39, 0.29) is 18.8 Å². The molecule has 0 saturated carbocycles. The van der Waals surface area contributed by atoms with E-state index in [1.54, 1.807) is 0 Å². The Labute approximate surface area is 124 Å². The molecule has 0 radical (unpaired) electrons. The summed E-state index contributed by atoms with van der Waals surface area (Å²) in [6.07, 6.45) is -4.45. The topological polar surface area (TPSA) is 52.6 Å². The minimum absolute atomic E-state index is 0.0241. The highest BCUT2D eigenvalue weighted by Gasteiger charge is 2.56. The molecule has 1 heterocycles. The SMILES string of the molecule is C=CCN1CCC(O)(C(F)(F)F)c2cc(F)ccc2NC1=O. The molecular weight excluding hydrogens is 304 g/mol. The lowest BCUT2D eigenvalue weighted by atomic mass is 9.87. The van der Waals surface area contributed by atoms with Crippen molar-refractivity contribution in [2.75, 3.05) is 18.4 Å². The molecule has 0 fully saturated rings. The van der Waals surface area contributed by atoms with Gasteiger partial charge < -0.3 is 15.3 Å². The van der Waals surface area contributed by atoms with Crippen molar-refractivity contribution in [1.29, 1.82) is 0 Å². The Balaban J connectivity index is 2.57. The molecule has 4 nitrogen and oxygen atoms in total. The summed E-state index contributed by atoms with van der Waals surface area (Å²) in [5, 5.41) is 12.4. The Hall–Kier alpha value is -2.09. The molecule has 2 rings (SSSR count). The molecule has 0 aromatic heterocycles. The molecule has 8 heteroatoms. The number of aliphatic hydroxyl groups is 1. The van der Waals surface area contributed by atoms with Crippen molar-refractivity contribution >= 4 is 11.7 Å². The van der Waals surface area contributed by atoms with Crippen LogP contribution in [0.4, 0.5) is 28.0 Å². The Morgan fingerprint density at radius 2 is 2.14 bits per heavy atom. The fraction of sp³-hybridized carbons (Fsp3) is 0.357. The summed E-state index contributed by atoms with van der Waals surface area (Å²) < 4.78 is 53.3. The number of alkyl halides is 3. The monoisotopic (exact) mass is 318 g/mol. The summed E-state index contributed by atoms with van der Waals surface area (Å²) >= 11 is 0. The average Bonchev–Trinajstić information content (AvgIpc) is 2.42. The van der Waals surface area contributed by atoms with Crippen LogP contribution in [-0.4, -0.2) is 35.3 Å². The standard InChI is InChI=1S/C14H14F4N2O2/c1-2-6-20-7-5-13(22,14(16,17)18)10-8-9(15)3-4-11(10)19-12(20)21/h2-4,8,22H,1,5-7H2,(H,19,21). The molecule has 1 aliphatic heterocycles. The molecule has 2 amide bonds. The van der Waals surface area contributed by atoms with Crippen LogP contribution in [0.15, 0.2) is 30.9 Å². The van der Waals surface area contributed by atoms with Crippen LogP contribution in [-0.2, 0) is 5.60 Å². The van der Waals surface area contributed by atoms with E-state index in [0.29, 0.717) is 6.07 Å². The zero-order chi connectivity index (χ0) is 16.5. The first-order valence-corrected chi connectivity index (χ1v) is 6.45. The van der Waals surface area contributed by atoms with E-state index in [1.165, 1.54) is 6.08 Å². The normalized spacial score (nSPS) is 22.4. The van der Waals surface area contributed by atoms with Gasteiger partial charge in [0.15, 0.2) is 5.60 Å². The number of urea groups is 1. The number of halogens is 4. The van der Waals surface area contributed by atoms with Gasteiger partial charge in [0, 0.05) is 30.8 Å². The maximum Gasteiger partial charge on any atom is 0.421 e. The first kappa shape index (κ1) is 16.3. The summed E-state index contributed by atoms with van der Waals surface area (Å²) in [4.78, 5) is 13.1. The minimum Gasteiger partial charge on any atom is -0.376 e. The van der Waals surface area contributed by atoms with Gasteiger partial charge in [-0.05, 0) is 18.2 Å². The maximum atomic E-state index is 13.3. The largest absolute Gasteiger partial charge is 0.421 e. The second-order valence-electron chi connectivity index (χ2n) is 4.96. The molecule has 1 aromatic carbocycles. The Morgan fingerprint density at radius 1 is 1.45 bits per heavy atom. The fourth-order valence-corrected chi connectivity index (χ4v) is 2.32. The molecule has 0 spiro atoms. The third kappa shape index (κ3) is 2.78. The van der Waals surface area contributed by atoms with Crippen LogP contribution >= 0.6 is 0 Å². The third-order valence-electron chi connectivity index (χ3n) is 3.52. The number of carbonyl (C=O) groups is 1. The van der Waals surface area contributed by atoms with E-state index in [9.17, 15) is 27.5 Å². The fourth-order valence-electron chi connectivity index (χ4n) is 2.32. The number of rotatable bonds is 2. The molecular formula is C14H14F4N2O2. The van der Waals surface area contributed by atoms with Gasteiger partial charge in [-0.25, -0.2) is 9.18 Å². The number of anilines is 1. The lowest BCUT2D eigenvalue weighted by molar-refractivity contribution is -0.269. The van der Waals surface area contributed by atoms with Crippen molar-refractivity contribution in [3.8, 4) is 0 Å². The van der Waals surface area contributed by atoms with E-state index in [0.717, 1.165) is 17.0 Å². The van der Waals surface area contributed by atoms with Gasteiger partial charge in [-0.3, -0.25) is 0 Å². The molecule has 0 aliphatic carbocycles. The smallest absolute Gasteiger partial charge is 0.376 e. The van der Waals surface area contributed by atoms with Crippen LogP contribution in [0.25, 0.3) is 0 Å². The molecule has 0 bridgehead atoms. The predicted molar refractivity (Wildman–Crippen MR) is 71.8 cm³/mol. The van der Waals surface area contributed by atoms with E-state index in [1.807, 2.05) is 0 Å². The van der Waals surface area contributed by atoms with Crippen LogP contribution in [0.5, 0.6) is 0 Å². The molecule has 1 unspecified atom stereocenters. The second kappa shape index (κ2) is 5.60. The second-order valence-corrected chi connectivity index (χ2v) is 4.96. The molecule has 1 aromatic rings. The molecule has 0 saturated heterocycles. The van der Waals surface area contributed by atoms with Crippen LogP contribution < -0.4 is 5.32 Å². The third-order valence-corrected chi connectivity index (χ3v) is 3.52. The number of amides is 2. The highest BCUT2D eigenvalue weighted by Crippen LogP contribution is 2.45. The van der Waals surface area contributed by atoms with Crippen molar-refractivity contribution < 1.29 is 27.5 Å². The average molecular weight is 318 g/mol. The molecule has 1 aliphatic rings. The van der Waals surface area contributed by atoms with E-state index >= 15 is 0 Å². The Kier molecular flexibility index (Phi) is 4.15. The molecule has 22 heavy (non-hydrogen) atoms. The summed E-state index contributed by atoms with van der Waals surface area (Å²) in [6.45, 7) is 3.10. The minimum atomic E-state index is -5.02. The van der Waals surface area contributed by atoms with Crippen LogP contribution in [0.3, 0.4) is 0 Å². The van der Waals surface area contributed by atoms with Gasteiger partial charge in [0.2, 0.25) is 0 Å². The molecule has 2 N–H and O–H groups in total. The summed E-state index contributed by atoms with van der Waals surface area (Å²) in [5.74, 6) is -0.931. The predicted octanol–water partition coefficient (Wildman–Crippen LogP) is 3.00. The van der Waals surface area contributed by atoms with Crippen molar-refractivity contribution in [2.24, 2.45) is 0 Å². The van der Waals surface area contributed by atoms with Crippen LogP contribution in [0.1, 0.15) is 12.0 Å². The number of nitrogens with zero attached hydrogens (tertiary/aromatic N) is 1. The van der Waals surface area contributed by atoms with Crippen molar-refractivity contribution in [1.82, 2.24) is 4.90 Å². The highest BCUT2D eigenvalue weighted by molar-refractivity contribution is 5.90. The number of nitrogens with one attached hydrogen (secondary N) is 1. The van der Waals surface area contributed by atoms with Gasteiger partial charge in [0.1, 0.15) is 5.82 Å². The summed E-state index contributed by atoms with van der Waals surface area (Å²) in [7, 11) is 0. The first-order valence-electron chi connectivity index (χ1n) is 6.45. The van der Waals surface area contributed by atoms with Crippen LogP contribution in [0, 0.1) is 5.82 Å². The van der Waals surface area contributed by atoms with Gasteiger partial charge in [0.25, 0.3) is 0 Å². The zero-order valence-corrected chi connectivity index (χ0v) is 11.5. The van der Waals surface area contributed by atoms with Crippen molar-refractivity contribution in [3.05, 3.63) is 42.2 Å². The van der Waals surface area contributed by atoms with Gasteiger partial charge in [-0.15, -0.1) is 6.58 Å². The zero-order valence-electron chi connectivity index (χ0n) is 11.5.